The molecule has 2 aromatic rings. The third-order valence-corrected chi connectivity index (χ3v) is 5.05. The van der Waals surface area contributed by atoms with Crippen molar-refractivity contribution in [1.82, 2.24) is 5.32 Å². The summed E-state index contributed by atoms with van der Waals surface area (Å²) in [6, 6.07) is 15.0. The molecule has 0 aromatic heterocycles. The third kappa shape index (κ3) is 3.71. The summed E-state index contributed by atoms with van der Waals surface area (Å²) >= 11 is 0. The van der Waals surface area contributed by atoms with Gasteiger partial charge < -0.3 is 10.4 Å². The van der Waals surface area contributed by atoms with Crippen molar-refractivity contribution in [2.45, 2.75) is 46.6 Å². The van der Waals surface area contributed by atoms with E-state index in [4.69, 9.17) is 5.11 Å². The fraction of sp³-hybridized carbons (Fsp3) is 0.409. The zero-order valence-electron chi connectivity index (χ0n) is 15.5. The van der Waals surface area contributed by atoms with Crippen LogP contribution in [0.1, 0.15) is 50.4 Å². The standard InChI is InChI=1S/C22H27NO2/c1-14(2)10-15-6-5-7-16(11-15)17-8-9-19-18(12-17)13-22(3,4)20(19)23-21(24)25/h5-9,11-12,14,20,23H,10,13H2,1-4H3,(H,24,25). The number of hydrogen-bond acceptors (Lipinski definition) is 1. The van der Waals surface area contributed by atoms with Gasteiger partial charge in [-0.3, -0.25) is 0 Å². The second-order valence-corrected chi connectivity index (χ2v) is 8.26. The molecule has 0 aliphatic heterocycles. The number of rotatable bonds is 4. The minimum Gasteiger partial charge on any atom is -0.465 e. The minimum absolute atomic E-state index is 0.112. The van der Waals surface area contributed by atoms with E-state index >= 15 is 0 Å². The van der Waals surface area contributed by atoms with Gasteiger partial charge in [-0.2, -0.15) is 0 Å². The highest BCUT2D eigenvalue weighted by molar-refractivity contribution is 5.69. The van der Waals surface area contributed by atoms with Gasteiger partial charge in [0.05, 0.1) is 6.04 Å². The first-order valence-corrected chi connectivity index (χ1v) is 8.98. The molecule has 1 atom stereocenters. The molecule has 25 heavy (non-hydrogen) atoms. The zero-order valence-corrected chi connectivity index (χ0v) is 15.5. The van der Waals surface area contributed by atoms with Crippen molar-refractivity contribution in [3.8, 4) is 11.1 Å². The summed E-state index contributed by atoms with van der Waals surface area (Å²) in [6.45, 7) is 8.71. The molecule has 0 radical (unpaired) electrons. The Kier molecular flexibility index (Phi) is 4.59. The van der Waals surface area contributed by atoms with Gasteiger partial charge in [-0.1, -0.05) is 70.2 Å². The molecule has 0 spiro atoms. The van der Waals surface area contributed by atoms with Crippen LogP contribution in [0.25, 0.3) is 11.1 Å². The van der Waals surface area contributed by atoms with Gasteiger partial charge in [0.2, 0.25) is 0 Å². The minimum atomic E-state index is -0.962. The molecule has 0 bridgehead atoms. The molecule has 2 N–H and O–H groups in total. The van der Waals surface area contributed by atoms with Gasteiger partial charge in [0.15, 0.2) is 0 Å². The van der Waals surface area contributed by atoms with Crippen molar-refractivity contribution in [2.75, 3.05) is 0 Å². The van der Waals surface area contributed by atoms with Gasteiger partial charge in [0.25, 0.3) is 0 Å². The lowest BCUT2D eigenvalue weighted by atomic mass is 9.85. The Balaban J connectivity index is 1.94. The van der Waals surface area contributed by atoms with Gasteiger partial charge in [-0.25, -0.2) is 4.79 Å². The highest BCUT2D eigenvalue weighted by Crippen LogP contribution is 2.46. The largest absolute Gasteiger partial charge is 0.465 e. The maximum Gasteiger partial charge on any atom is 0.405 e. The number of fused-ring (bicyclic) bond motifs is 1. The molecule has 2 aromatic carbocycles. The van der Waals surface area contributed by atoms with Crippen LogP contribution in [-0.2, 0) is 12.8 Å². The van der Waals surface area contributed by atoms with E-state index < -0.39 is 6.09 Å². The summed E-state index contributed by atoms with van der Waals surface area (Å²) in [5, 5.41) is 11.9. The van der Waals surface area contributed by atoms with Gasteiger partial charge in [0, 0.05) is 0 Å². The van der Waals surface area contributed by atoms with E-state index in [0.717, 1.165) is 18.4 Å². The van der Waals surface area contributed by atoms with E-state index in [-0.39, 0.29) is 11.5 Å². The highest BCUT2D eigenvalue weighted by Gasteiger charge is 2.39. The second-order valence-electron chi connectivity index (χ2n) is 8.26. The molecule has 0 fully saturated rings. The summed E-state index contributed by atoms with van der Waals surface area (Å²) in [6.07, 6.45) is 1.000. The lowest BCUT2D eigenvalue weighted by molar-refractivity contribution is 0.175. The van der Waals surface area contributed by atoms with Crippen molar-refractivity contribution in [1.29, 1.82) is 0 Å². The van der Waals surface area contributed by atoms with Crippen molar-refractivity contribution in [3.05, 3.63) is 59.2 Å². The van der Waals surface area contributed by atoms with Crippen LogP contribution in [0.2, 0.25) is 0 Å². The fourth-order valence-corrected chi connectivity index (χ4v) is 3.98. The number of nitrogens with one attached hydrogen (secondary N) is 1. The maximum absolute atomic E-state index is 11.2. The fourth-order valence-electron chi connectivity index (χ4n) is 3.98. The molecule has 1 unspecified atom stereocenters. The van der Waals surface area contributed by atoms with Crippen LogP contribution in [0.4, 0.5) is 4.79 Å². The number of benzene rings is 2. The first-order chi connectivity index (χ1) is 11.8. The number of carboxylic acid groups (broad SMARTS) is 1. The maximum atomic E-state index is 11.2. The van der Waals surface area contributed by atoms with Crippen LogP contribution in [0, 0.1) is 11.3 Å². The van der Waals surface area contributed by atoms with Crippen molar-refractivity contribution in [2.24, 2.45) is 11.3 Å². The smallest absolute Gasteiger partial charge is 0.405 e. The zero-order chi connectivity index (χ0) is 18.2. The van der Waals surface area contributed by atoms with Crippen LogP contribution in [0.5, 0.6) is 0 Å². The van der Waals surface area contributed by atoms with Crippen LogP contribution in [0.3, 0.4) is 0 Å². The Morgan fingerprint density at radius 2 is 1.92 bits per heavy atom. The summed E-state index contributed by atoms with van der Waals surface area (Å²) in [4.78, 5) is 11.2. The van der Waals surface area contributed by atoms with Crippen LogP contribution >= 0.6 is 0 Å². The average Bonchev–Trinajstić information content (AvgIpc) is 2.76. The molecule has 132 valence electrons. The number of hydrogen-bond donors (Lipinski definition) is 2. The average molecular weight is 337 g/mol. The summed E-state index contributed by atoms with van der Waals surface area (Å²) in [7, 11) is 0. The molecule has 3 nitrogen and oxygen atoms in total. The first-order valence-electron chi connectivity index (χ1n) is 8.98. The Bertz CT molecular complexity index is 792. The van der Waals surface area contributed by atoms with Crippen molar-refractivity contribution >= 4 is 6.09 Å². The van der Waals surface area contributed by atoms with Gasteiger partial charge in [0.1, 0.15) is 0 Å². The molecule has 3 rings (SSSR count). The predicted octanol–water partition coefficient (Wildman–Crippen LogP) is 5.44. The van der Waals surface area contributed by atoms with Crippen LogP contribution in [0.15, 0.2) is 42.5 Å². The van der Waals surface area contributed by atoms with E-state index in [1.165, 1.54) is 22.3 Å². The Morgan fingerprint density at radius 3 is 2.60 bits per heavy atom. The number of amides is 1. The summed E-state index contributed by atoms with van der Waals surface area (Å²) < 4.78 is 0. The molecule has 0 saturated heterocycles. The lowest BCUT2D eigenvalue weighted by Gasteiger charge is -2.27. The quantitative estimate of drug-likeness (QED) is 0.780. The first kappa shape index (κ1) is 17.5. The molecular weight excluding hydrogens is 310 g/mol. The van der Waals surface area contributed by atoms with E-state index in [2.05, 4.69) is 75.5 Å². The Morgan fingerprint density at radius 1 is 1.20 bits per heavy atom. The molecule has 1 amide bonds. The molecule has 0 saturated carbocycles. The molecule has 1 aliphatic rings. The van der Waals surface area contributed by atoms with E-state index in [0.29, 0.717) is 5.92 Å². The van der Waals surface area contributed by atoms with Gasteiger partial charge in [-0.05, 0) is 52.0 Å². The van der Waals surface area contributed by atoms with E-state index in [1.54, 1.807) is 0 Å². The van der Waals surface area contributed by atoms with E-state index in [9.17, 15) is 4.79 Å². The third-order valence-electron chi connectivity index (χ3n) is 5.05. The normalized spacial score (nSPS) is 18.2. The Hall–Kier alpha value is -2.29. The van der Waals surface area contributed by atoms with Crippen molar-refractivity contribution < 1.29 is 9.90 Å². The van der Waals surface area contributed by atoms with E-state index in [1.807, 2.05) is 0 Å². The topological polar surface area (TPSA) is 49.3 Å². The SMILES string of the molecule is CC(C)Cc1cccc(-c2ccc3c(c2)CC(C)(C)C3NC(=O)O)c1. The van der Waals surface area contributed by atoms with Crippen molar-refractivity contribution in [3.63, 3.8) is 0 Å². The van der Waals surface area contributed by atoms with Gasteiger partial charge in [-0.15, -0.1) is 0 Å². The molecule has 3 heteroatoms. The van der Waals surface area contributed by atoms with Crippen LogP contribution in [-0.4, -0.2) is 11.2 Å². The monoisotopic (exact) mass is 337 g/mol. The predicted molar refractivity (Wildman–Crippen MR) is 102 cm³/mol. The molecular formula is C22H27NO2. The molecule has 1 aliphatic carbocycles. The van der Waals surface area contributed by atoms with Crippen LogP contribution < -0.4 is 5.32 Å². The Labute approximate surface area is 150 Å². The van der Waals surface area contributed by atoms with Gasteiger partial charge >= 0.3 is 6.09 Å². The second kappa shape index (κ2) is 6.55. The summed E-state index contributed by atoms with van der Waals surface area (Å²) in [5.74, 6) is 0.638. The molecule has 0 heterocycles. The highest BCUT2D eigenvalue weighted by atomic mass is 16.4. The number of carbonyl (C=O) groups is 1. The lowest BCUT2D eigenvalue weighted by Crippen LogP contribution is -2.34. The summed E-state index contributed by atoms with van der Waals surface area (Å²) in [5.41, 5.74) is 6.03.